The van der Waals surface area contributed by atoms with E-state index in [0.717, 1.165) is 15.0 Å². The molecule has 8 nitrogen and oxygen atoms in total. The first-order chi connectivity index (χ1) is 16.4. The van der Waals surface area contributed by atoms with Gasteiger partial charge >= 0.3 is 10.2 Å². The third-order valence-corrected chi connectivity index (χ3v) is 7.99. The second-order valence-electron chi connectivity index (χ2n) is 8.38. The summed E-state index contributed by atoms with van der Waals surface area (Å²) < 4.78 is 28.2. The second kappa shape index (κ2) is 12.6. The van der Waals surface area contributed by atoms with E-state index in [1.807, 2.05) is 13.8 Å². The topological polar surface area (TPSA) is 90.0 Å². The van der Waals surface area contributed by atoms with Crippen LogP contribution < -0.4 is 9.62 Å². The largest absolute Gasteiger partial charge is 0.352 e. The molecule has 0 saturated heterocycles. The van der Waals surface area contributed by atoms with Crippen LogP contribution in [0.15, 0.2) is 48.5 Å². The lowest BCUT2D eigenvalue weighted by molar-refractivity contribution is -0.139. The predicted molar refractivity (Wildman–Crippen MR) is 141 cm³/mol. The molecule has 11 heteroatoms. The fourth-order valence-corrected chi connectivity index (χ4v) is 4.72. The Labute approximate surface area is 218 Å². The molecule has 192 valence electrons. The van der Waals surface area contributed by atoms with Crippen LogP contribution in [0, 0.1) is 0 Å². The van der Waals surface area contributed by atoms with Gasteiger partial charge in [-0.15, -0.1) is 0 Å². The summed E-state index contributed by atoms with van der Waals surface area (Å²) in [6.45, 7) is 4.90. The zero-order chi connectivity index (χ0) is 26.3. The molecular weight excluding hydrogens is 511 g/mol. The molecule has 35 heavy (non-hydrogen) atoms. The molecule has 1 N–H and O–H groups in total. The molecule has 2 amide bonds. The predicted octanol–water partition coefficient (Wildman–Crippen LogP) is 3.94. The number of nitrogens with zero attached hydrogens (tertiary/aromatic N) is 3. The van der Waals surface area contributed by atoms with Crippen molar-refractivity contribution in [2.24, 2.45) is 0 Å². The number of carbonyl (C=O) groups excluding carboxylic acids is 2. The van der Waals surface area contributed by atoms with Crippen molar-refractivity contribution in [3.05, 3.63) is 64.1 Å². The number of nitrogens with one attached hydrogen (secondary N) is 1. The van der Waals surface area contributed by atoms with Crippen LogP contribution in [0.5, 0.6) is 0 Å². The van der Waals surface area contributed by atoms with Crippen molar-refractivity contribution < 1.29 is 18.0 Å². The van der Waals surface area contributed by atoms with Gasteiger partial charge in [0, 0.05) is 36.7 Å². The Balaban J connectivity index is 2.46. The van der Waals surface area contributed by atoms with Gasteiger partial charge in [0.2, 0.25) is 11.8 Å². The zero-order valence-electron chi connectivity index (χ0n) is 20.5. The lowest BCUT2D eigenvalue weighted by Gasteiger charge is -2.33. The van der Waals surface area contributed by atoms with Crippen molar-refractivity contribution in [3.8, 4) is 0 Å². The molecule has 2 rings (SSSR count). The number of para-hydroxylation sites is 1. The third kappa shape index (κ3) is 7.57. The summed E-state index contributed by atoms with van der Waals surface area (Å²) in [5.74, 6) is -0.906. The summed E-state index contributed by atoms with van der Waals surface area (Å²) in [4.78, 5) is 27.9. The molecule has 0 bridgehead atoms. The minimum absolute atomic E-state index is 0.00539. The Morgan fingerprint density at radius 2 is 1.66 bits per heavy atom. The van der Waals surface area contributed by atoms with E-state index in [1.54, 1.807) is 55.5 Å². The molecule has 0 aliphatic heterocycles. The summed E-state index contributed by atoms with van der Waals surface area (Å²) >= 11 is 12.4. The van der Waals surface area contributed by atoms with Crippen LogP contribution in [0.3, 0.4) is 0 Å². The molecule has 0 aromatic heterocycles. The number of benzene rings is 2. The molecule has 0 aliphatic carbocycles. The normalized spacial score (nSPS) is 13.3. The highest BCUT2D eigenvalue weighted by Crippen LogP contribution is 2.24. The molecule has 0 fully saturated rings. The smallest absolute Gasteiger partial charge is 0.304 e. The van der Waals surface area contributed by atoms with Crippen LogP contribution >= 0.6 is 23.2 Å². The number of hydrogen-bond donors (Lipinski definition) is 1. The fourth-order valence-electron chi connectivity index (χ4n) is 3.19. The number of amides is 2. The Bertz CT molecular complexity index is 1130. The molecule has 0 heterocycles. The van der Waals surface area contributed by atoms with Crippen molar-refractivity contribution >= 4 is 50.9 Å². The minimum Gasteiger partial charge on any atom is -0.352 e. The van der Waals surface area contributed by atoms with Crippen LogP contribution in [-0.4, -0.2) is 62.2 Å². The minimum atomic E-state index is -4.00. The maximum atomic E-state index is 13.6. The van der Waals surface area contributed by atoms with E-state index in [9.17, 15) is 18.0 Å². The van der Waals surface area contributed by atoms with E-state index in [0.29, 0.717) is 21.3 Å². The highest BCUT2D eigenvalue weighted by Gasteiger charge is 2.33. The van der Waals surface area contributed by atoms with E-state index in [4.69, 9.17) is 23.2 Å². The van der Waals surface area contributed by atoms with Gasteiger partial charge in [0.05, 0.1) is 5.69 Å². The first kappa shape index (κ1) is 28.9. The van der Waals surface area contributed by atoms with Crippen LogP contribution in [-0.2, 0) is 26.3 Å². The molecule has 2 aromatic rings. The lowest BCUT2D eigenvalue weighted by atomic mass is 10.1. The number of rotatable bonds is 11. The summed E-state index contributed by atoms with van der Waals surface area (Å²) in [6.07, 6.45) is 0.721. The number of carbonyl (C=O) groups is 2. The molecule has 2 aromatic carbocycles. The fraction of sp³-hybridized carbons (Fsp3) is 0.417. The molecule has 0 spiro atoms. The number of anilines is 1. The molecule has 0 unspecified atom stereocenters. The molecule has 0 aliphatic rings. The van der Waals surface area contributed by atoms with E-state index < -0.39 is 28.7 Å². The monoisotopic (exact) mass is 542 g/mol. The molecular formula is C24H32Cl2N4O4S. The second-order valence-corrected chi connectivity index (χ2v) is 11.3. The molecule has 2 atom stereocenters. The van der Waals surface area contributed by atoms with Crippen molar-refractivity contribution in [3.63, 3.8) is 0 Å². The summed E-state index contributed by atoms with van der Waals surface area (Å²) in [6, 6.07) is 12.2. The number of hydrogen-bond acceptors (Lipinski definition) is 4. The van der Waals surface area contributed by atoms with E-state index in [2.05, 4.69) is 5.32 Å². The average Bonchev–Trinajstić information content (AvgIpc) is 2.81. The highest BCUT2D eigenvalue weighted by atomic mass is 35.5. The lowest BCUT2D eigenvalue weighted by Crippen LogP contribution is -2.53. The van der Waals surface area contributed by atoms with Crippen LogP contribution in [0.25, 0.3) is 0 Å². The summed E-state index contributed by atoms with van der Waals surface area (Å²) in [5, 5.41) is 3.66. The van der Waals surface area contributed by atoms with E-state index >= 15 is 0 Å². The quantitative estimate of drug-likeness (QED) is 0.465. The molecule has 0 radical (unpaired) electrons. The number of halogens is 2. The summed E-state index contributed by atoms with van der Waals surface area (Å²) in [5.41, 5.74) is 0.907. The van der Waals surface area contributed by atoms with Gasteiger partial charge in [-0.1, -0.05) is 54.4 Å². The SMILES string of the molecule is CC[C@H](C)NC(=O)[C@H](C)N(Cc1ccc(Cl)cc1Cl)C(=O)CN(c1ccccc1)S(=O)(=O)N(C)C. The van der Waals surface area contributed by atoms with E-state index in [-0.39, 0.29) is 18.5 Å². The average molecular weight is 544 g/mol. The first-order valence-electron chi connectivity index (χ1n) is 11.2. The summed E-state index contributed by atoms with van der Waals surface area (Å²) in [7, 11) is -1.22. The van der Waals surface area contributed by atoms with Crippen LogP contribution in [0.1, 0.15) is 32.8 Å². The first-order valence-corrected chi connectivity index (χ1v) is 13.3. The van der Waals surface area contributed by atoms with Crippen LogP contribution in [0.2, 0.25) is 10.0 Å². The zero-order valence-corrected chi connectivity index (χ0v) is 22.9. The Hall–Kier alpha value is -2.33. The maximum Gasteiger partial charge on any atom is 0.304 e. The van der Waals surface area contributed by atoms with Crippen LogP contribution in [0.4, 0.5) is 5.69 Å². The van der Waals surface area contributed by atoms with Gasteiger partial charge in [0.25, 0.3) is 0 Å². The van der Waals surface area contributed by atoms with Gasteiger partial charge in [0.15, 0.2) is 0 Å². The Kier molecular flexibility index (Phi) is 10.4. The third-order valence-electron chi connectivity index (χ3n) is 5.59. The van der Waals surface area contributed by atoms with Gasteiger partial charge in [-0.05, 0) is 50.1 Å². The Morgan fingerprint density at radius 3 is 2.20 bits per heavy atom. The van der Waals surface area contributed by atoms with Gasteiger partial charge in [0.1, 0.15) is 12.6 Å². The van der Waals surface area contributed by atoms with E-state index in [1.165, 1.54) is 19.0 Å². The van der Waals surface area contributed by atoms with Gasteiger partial charge in [-0.2, -0.15) is 12.7 Å². The van der Waals surface area contributed by atoms with Crippen molar-refractivity contribution in [1.29, 1.82) is 0 Å². The van der Waals surface area contributed by atoms with Crippen molar-refractivity contribution in [2.45, 2.75) is 45.8 Å². The maximum absolute atomic E-state index is 13.6. The van der Waals surface area contributed by atoms with Gasteiger partial charge < -0.3 is 10.2 Å². The van der Waals surface area contributed by atoms with Crippen molar-refractivity contribution in [2.75, 3.05) is 24.9 Å². The standard InChI is InChI=1S/C24H32Cl2N4O4S/c1-6-17(2)27-24(32)18(3)29(15-19-12-13-20(25)14-22(19)26)23(31)16-30(35(33,34)28(4)5)21-10-8-7-9-11-21/h7-14,17-18H,6,15-16H2,1-5H3,(H,27,32)/t17-,18-/m0/s1. The molecule has 0 saturated carbocycles. The Morgan fingerprint density at radius 1 is 1.03 bits per heavy atom. The van der Waals surface area contributed by atoms with Gasteiger partial charge in [-0.25, -0.2) is 4.31 Å². The van der Waals surface area contributed by atoms with Crippen molar-refractivity contribution in [1.82, 2.24) is 14.5 Å². The van der Waals surface area contributed by atoms with Gasteiger partial charge in [-0.3, -0.25) is 9.59 Å². The highest BCUT2D eigenvalue weighted by molar-refractivity contribution is 7.90.